The van der Waals surface area contributed by atoms with E-state index in [0.717, 1.165) is 44.1 Å². The topological polar surface area (TPSA) is 46.4 Å². The van der Waals surface area contributed by atoms with E-state index in [9.17, 15) is 0 Å². The van der Waals surface area contributed by atoms with Gasteiger partial charge < -0.3 is 14.5 Å². The lowest BCUT2D eigenvalue weighted by molar-refractivity contribution is 0.0836. The van der Waals surface area contributed by atoms with Gasteiger partial charge in [-0.2, -0.15) is 0 Å². The minimum Gasteiger partial charge on any atom is -0.496 e. The van der Waals surface area contributed by atoms with E-state index >= 15 is 0 Å². The molecule has 0 amide bonds. The number of ether oxygens (including phenoxy) is 1. The van der Waals surface area contributed by atoms with Gasteiger partial charge in [0.05, 0.1) is 18.5 Å². The third-order valence-electron chi connectivity index (χ3n) is 4.68. The molecule has 5 nitrogen and oxygen atoms in total. The van der Waals surface area contributed by atoms with E-state index in [1.54, 1.807) is 7.11 Å². The molecular formula is C21H24BrN3O2. The number of aryl methyl sites for hydroxylation is 1. The highest BCUT2D eigenvalue weighted by molar-refractivity contribution is 9.10. The molecule has 1 atom stereocenters. The number of aliphatic imine (C=N–C) groups is 1. The SMILES string of the molecule is COc1cc(/N=C(\C)N(C)C)c(C)cc1C1CC(c2ccccc2Br)=NO1. The smallest absolute Gasteiger partial charge is 0.161 e. The first-order valence-corrected chi connectivity index (χ1v) is 9.58. The molecule has 0 fully saturated rings. The monoisotopic (exact) mass is 429 g/mol. The summed E-state index contributed by atoms with van der Waals surface area (Å²) in [5.74, 6) is 1.70. The van der Waals surface area contributed by atoms with Crippen molar-refractivity contribution in [3.63, 3.8) is 0 Å². The van der Waals surface area contributed by atoms with Gasteiger partial charge in [0.25, 0.3) is 0 Å². The van der Waals surface area contributed by atoms with E-state index in [2.05, 4.69) is 34.1 Å². The predicted octanol–water partition coefficient (Wildman–Crippen LogP) is 5.24. The number of rotatable bonds is 4. The summed E-state index contributed by atoms with van der Waals surface area (Å²) in [6, 6.07) is 12.1. The Morgan fingerprint density at radius 3 is 2.70 bits per heavy atom. The molecule has 0 N–H and O–H groups in total. The second-order valence-electron chi connectivity index (χ2n) is 6.75. The van der Waals surface area contributed by atoms with E-state index in [4.69, 9.17) is 14.6 Å². The zero-order valence-corrected chi connectivity index (χ0v) is 17.9. The highest BCUT2D eigenvalue weighted by Gasteiger charge is 2.28. The molecule has 2 aromatic rings. The number of amidine groups is 1. The summed E-state index contributed by atoms with van der Waals surface area (Å²) in [6.07, 6.45) is 0.520. The van der Waals surface area contributed by atoms with Crippen LogP contribution in [0.3, 0.4) is 0 Å². The van der Waals surface area contributed by atoms with Crippen molar-refractivity contribution < 1.29 is 9.57 Å². The Hall–Kier alpha value is -2.34. The molecule has 0 aliphatic carbocycles. The summed E-state index contributed by atoms with van der Waals surface area (Å²) in [4.78, 5) is 12.4. The highest BCUT2D eigenvalue weighted by atomic mass is 79.9. The molecule has 0 saturated carbocycles. The van der Waals surface area contributed by atoms with Crippen LogP contribution in [0.2, 0.25) is 0 Å². The van der Waals surface area contributed by atoms with Crippen LogP contribution in [-0.4, -0.2) is 37.7 Å². The second kappa shape index (κ2) is 8.13. The first-order valence-electron chi connectivity index (χ1n) is 8.79. The zero-order valence-electron chi connectivity index (χ0n) is 16.3. The van der Waals surface area contributed by atoms with Gasteiger partial charge >= 0.3 is 0 Å². The van der Waals surface area contributed by atoms with Crippen molar-refractivity contribution in [1.82, 2.24) is 4.90 Å². The summed E-state index contributed by atoms with van der Waals surface area (Å²) in [5, 5.41) is 4.32. The van der Waals surface area contributed by atoms with Crippen molar-refractivity contribution in [2.45, 2.75) is 26.4 Å². The van der Waals surface area contributed by atoms with Gasteiger partial charge in [-0.3, -0.25) is 0 Å². The van der Waals surface area contributed by atoms with Crippen LogP contribution < -0.4 is 4.74 Å². The van der Waals surface area contributed by atoms with Gasteiger partial charge in [-0.25, -0.2) is 4.99 Å². The lowest BCUT2D eigenvalue weighted by Gasteiger charge is -2.17. The van der Waals surface area contributed by atoms with Crippen LogP contribution in [0.1, 0.15) is 36.1 Å². The Morgan fingerprint density at radius 1 is 1.30 bits per heavy atom. The highest BCUT2D eigenvalue weighted by Crippen LogP contribution is 2.39. The number of methoxy groups -OCH3 is 1. The van der Waals surface area contributed by atoms with Crippen LogP contribution >= 0.6 is 15.9 Å². The van der Waals surface area contributed by atoms with E-state index < -0.39 is 0 Å². The first-order chi connectivity index (χ1) is 12.9. The van der Waals surface area contributed by atoms with Gasteiger partial charge in [0.1, 0.15) is 11.6 Å². The summed E-state index contributed by atoms with van der Waals surface area (Å²) in [7, 11) is 5.63. The number of hydrogen-bond donors (Lipinski definition) is 0. The van der Waals surface area contributed by atoms with Gasteiger partial charge in [-0.05, 0) is 31.5 Å². The molecule has 2 aromatic carbocycles. The molecule has 0 bridgehead atoms. The molecule has 3 rings (SSSR count). The van der Waals surface area contributed by atoms with Crippen LogP contribution in [-0.2, 0) is 4.84 Å². The summed E-state index contributed by atoms with van der Waals surface area (Å²) in [5.41, 5.74) is 4.94. The molecular weight excluding hydrogens is 406 g/mol. The number of hydrogen-bond acceptors (Lipinski definition) is 4. The third-order valence-corrected chi connectivity index (χ3v) is 5.37. The quantitative estimate of drug-likeness (QED) is 0.492. The Balaban J connectivity index is 1.89. The fraction of sp³-hybridized carbons (Fsp3) is 0.333. The van der Waals surface area contributed by atoms with Gasteiger partial charge in [-0.1, -0.05) is 39.3 Å². The molecule has 0 aromatic heterocycles. The maximum Gasteiger partial charge on any atom is 0.161 e. The average Bonchev–Trinajstić information content (AvgIpc) is 3.13. The number of benzene rings is 2. The fourth-order valence-corrected chi connectivity index (χ4v) is 3.43. The van der Waals surface area contributed by atoms with Gasteiger partial charge in [-0.15, -0.1) is 0 Å². The Labute approximate surface area is 168 Å². The van der Waals surface area contributed by atoms with Crippen molar-refractivity contribution in [2.24, 2.45) is 10.1 Å². The molecule has 1 aliphatic heterocycles. The van der Waals surface area contributed by atoms with E-state index in [0.29, 0.717) is 6.42 Å². The minimum atomic E-state index is -0.172. The number of nitrogens with zero attached hydrogens (tertiary/aromatic N) is 3. The van der Waals surface area contributed by atoms with Crippen molar-refractivity contribution >= 4 is 33.2 Å². The van der Waals surface area contributed by atoms with Gasteiger partial charge in [0.2, 0.25) is 0 Å². The molecule has 0 saturated heterocycles. The summed E-state index contributed by atoms with van der Waals surface area (Å²) in [6.45, 7) is 4.03. The molecule has 1 heterocycles. The molecule has 27 heavy (non-hydrogen) atoms. The van der Waals surface area contributed by atoms with Crippen molar-refractivity contribution in [2.75, 3.05) is 21.2 Å². The van der Waals surface area contributed by atoms with E-state index in [1.165, 1.54) is 0 Å². The van der Waals surface area contributed by atoms with Crippen LogP contribution in [0.5, 0.6) is 5.75 Å². The van der Waals surface area contributed by atoms with E-state index in [1.807, 2.05) is 56.3 Å². The number of halogens is 1. The fourth-order valence-electron chi connectivity index (χ4n) is 2.92. The van der Waals surface area contributed by atoms with Crippen molar-refractivity contribution in [3.8, 4) is 5.75 Å². The van der Waals surface area contributed by atoms with Crippen LogP contribution in [0.15, 0.2) is 51.0 Å². The van der Waals surface area contributed by atoms with Crippen LogP contribution in [0, 0.1) is 6.92 Å². The molecule has 142 valence electrons. The maximum atomic E-state index is 5.76. The van der Waals surface area contributed by atoms with Crippen molar-refractivity contribution in [3.05, 3.63) is 57.6 Å². The normalized spacial score (nSPS) is 16.7. The predicted molar refractivity (Wildman–Crippen MR) is 113 cm³/mol. The minimum absolute atomic E-state index is 0.172. The Kier molecular flexibility index (Phi) is 5.85. The molecule has 6 heteroatoms. The molecule has 0 radical (unpaired) electrons. The zero-order chi connectivity index (χ0) is 19.6. The Bertz CT molecular complexity index is 906. The standard InChI is InChI=1S/C21H24BrN3O2/c1-13-10-16(20(26-5)11-18(13)23-14(2)25(3)4)21-12-19(24-27-21)15-8-6-7-9-17(15)22/h6-11,21H,12H2,1-5H3/b23-14+. The lowest BCUT2D eigenvalue weighted by Crippen LogP contribution is -2.17. The van der Waals surface area contributed by atoms with E-state index in [-0.39, 0.29) is 6.10 Å². The third kappa shape index (κ3) is 4.16. The molecule has 1 aliphatic rings. The largest absolute Gasteiger partial charge is 0.496 e. The Morgan fingerprint density at radius 2 is 2.04 bits per heavy atom. The molecule has 1 unspecified atom stereocenters. The second-order valence-corrected chi connectivity index (χ2v) is 7.60. The van der Waals surface area contributed by atoms with Gasteiger partial charge in [0.15, 0.2) is 6.10 Å². The number of oxime groups is 1. The van der Waals surface area contributed by atoms with Crippen LogP contribution in [0.4, 0.5) is 5.69 Å². The summed E-state index contributed by atoms with van der Waals surface area (Å²) >= 11 is 3.59. The van der Waals surface area contributed by atoms with Crippen LogP contribution in [0.25, 0.3) is 0 Å². The molecule has 0 spiro atoms. The summed E-state index contributed by atoms with van der Waals surface area (Å²) < 4.78 is 6.65. The average molecular weight is 430 g/mol. The first kappa shape index (κ1) is 19.4. The van der Waals surface area contributed by atoms with Crippen molar-refractivity contribution in [1.29, 1.82) is 0 Å². The maximum absolute atomic E-state index is 5.76. The lowest BCUT2D eigenvalue weighted by atomic mass is 9.97. The van der Waals surface area contributed by atoms with Gasteiger partial charge in [0, 0.05) is 42.2 Å².